The molecule has 0 saturated heterocycles. The van der Waals surface area contributed by atoms with Crippen LogP contribution in [-0.2, 0) is 0 Å². The summed E-state index contributed by atoms with van der Waals surface area (Å²) in [5.41, 5.74) is 0. The van der Waals surface area contributed by atoms with Gasteiger partial charge in [-0.3, -0.25) is 0 Å². The van der Waals surface area contributed by atoms with E-state index in [1.807, 2.05) is 0 Å². The highest BCUT2D eigenvalue weighted by atomic mass is 79.9. The van der Waals surface area contributed by atoms with E-state index < -0.39 is 8.07 Å². The molecule has 0 aromatic rings. The fourth-order valence-corrected chi connectivity index (χ4v) is 0. The Labute approximate surface area is 55.4 Å². The maximum Gasteiger partial charge on any atom is 0.0592 e. The number of hydrogen-bond donors (Lipinski definition) is 0. The zero-order valence-corrected chi connectivity index (χ0v) is 8.04. The SMILES string of the molecule is CC(Br)[Si](C)(C)C. The number of alkyl halides is 1. The molecular formula is C5H13BrSi. The van der Waals surface area contributed by atoms with Gasteiger partial charge in [0, 0.05) is 4.45 Å². The highest BCUT2D eigenvalue weighted by Gasteiger charge is 2.18. The van der Waals surface area contributed by atoms with Gasteiger partial charge in [-0.05, 0) is 0 Å². The van der Waals surface area contributed by atoms with Gasteiger partial charge in [0.15, 0.2) is 0 Å². The van der Waals surface area contributed by atoms with E-state index in [1.165, 1.54) is 0 Å². The molecule has 0 aromatic heterocycles. The summed E-state index contributed by atoms with van der Waals surface area (Å²) in [6, 6.07) is 0. The first-order valence-electron chi connectivity index (χ1n) is 2.58. The molecule has 0 spiro atoms. The van der Waals surface area contributed by atoms with Crippen LogP contribution in [0.5, 0.6) is 0 Å². The average Bonchev–Trinajstić information content (AvgIpc) is 1.31. The van der Waals surface area contributed by atoms with Gasteiger partial charge < -0.3 is 0 Å². The van der Waals surface area contributed by atoms with Gasteiger partial charge in [0.05, 0.1) is 8.07 Å². The van der Waals surface area contributed by atoms with Crippen molar-refractivity contribution in [1.82, 2.24) is 0 Å². The molecule has 1 unspecified atom stereocenters. The zero-order valence-electron chi connectivity index (χ0n) is 5.46. The van der Waals surface area contributed by atoms with Crippen molar-refractivity contribution in [3.8, 4) is 0 Å². The van der Waals surface area contributed by atoms with Crippen molar-refractivity contribution in [2.75, 3.05) is 0 Å². The van der Waals surface area contributed by atoms with E-state index in [0.717, 1.165) is 4.45 Å². The van der Waals surface area contributed by atoms with E-state index in [-0.39, 0.29) is 0 Å². The third kappa shape index (κ3) is 3.29. The van der Waals surface area contributed by atoms with Gasteiger partial charge in [-0.25, -0.2) is 0 Å². The molecule has 0 saturated carbocycles. The van der Waals surface area contributed by atoms with Crippen LogP contribution < -0.4 is 0 Å². The molecule has 0 aliphatic rings. The van der Waals surface area contributed by atoms with E-state index in [2.05, 4.69) is 42.5 Å². The average molecular weight is 181 g/mol. The second-order valence-corrected chi connectivity index (χ2v) is 10.8. The van der Waals surface area contributed by atoms with Crippen LogP contribution >= 0.6 is 15.9 Å². The first kappa shape index (κ1) is 7.70. The summed E-state index contributed by atoms with van der Waals surface area (Å²) in [6.45, 7) is 9.29. The van der Waals surface area contributed by atoms with Crippen LogP contribution in [0.2, 0.25) is 19.6 Å². The minimum atomic E-state index is -0.818. The van der Waals surface area contributed by atoms with Gasteiger partial charge in [-0.1, -0.05) is 42.5 Å². The quantitative estimate of drug-likeness (QED) is 0.431. The van der Waals surface area contributed by atoms with Crippen molar-refractivity contribution in [2.45, 2.75) is 31.0 Å². The van der Waals surface area contributed by atoms with E-state index in [4.69, 9.17) is 0 Å². The van der Waals surface area contributed by atoms with Crippen molar-refractivity contribution in [3.63, 3.8) is 0 Å². The molecule has 0 nitrogen and oxygen atoms in total. The highest BCUT2D eigenvalue weighted by molar-refractivity contribution is 9.10. The minimum Gasteiger partial charge on any atom is -0.0928 e. The maximum absolute atomic E-state index is 3.56. The summed E-state index contributed by atoms with van der Waals surface area (Å²) in [4.78, 5) is 0. The lowest BCUT2D eigenvalue weighted by Gasteiger charge is -2.18. The number of rotatable bonds is 1. The van der Waals surface area contributed by atoms with Crippen molar-refractivity contribution in [1.29, 1.82) is 0 Å². The summed E-state index contributed by atoms with van der Waals surface area (Å²) >= 11 is 3.56. The van der Waals surface area contributed by atoms with Crippen LogP contribution in [0, 0.1) is 0 Å². The smallest absolute Gasteiger partial charge is 0.0592 e. The molecule has 0 aromatic carbocycles. The van der Waals surface area contributed by atoms with Crippen LogP contribution in [0.3, 0.4) is 0 Å². The van der Waals surface area contributed by atoms with Crippen LogP contribution in [0.25, 0.3) is 0 Å². The number of halogens is 1. The van der Waals surface area contributed by atoms with E-state index in [1.54, 1.807) is 0 Å². The summed E-state index contributed by atoms with van der Waals surface area (Å²) < 4.78 is 0.750. The van der Waals surface area contributed by atoms with Crippen molar-refractivity contribution in [3.05, 3.63) is 0 Å². The van der Waals surface area contributed by atoms with Gasteiger partial charge >= 0.3 is 0 Å². The van der Waals surface area contributed by atoms with Crippen LogP contribution in [0.15, 0.2) is 0 Å². The second-order valence-electron chi connectivity index (χ2n) is 2.98. The van der Waals surface area contributed by atoms with Gasteiger partial charge in [0.25, 0.3) is 0 Å². The van der Waals surface area contributed by atoms with Crippen LogP contribution in [-0.4, -0.2) is 12.5 Å². The lowest BCUT2D eigenvalue weighted by atomic mass is 11.0. The Morgan fingerprint density at radius 1 is 1.29 bits per heavy atom. The molecule has 1 atom stereocenters. The molecule has 0 fully saturated rings. The fraction of sp³-hybridized carbons (Fsp3) is 1.00. The Morgan fingerprint density at radius 3 is 1.43 bits per heavy atom. The normalized spacial score (nSPS) is 16.7. The Morgan fingerprint density at radius 2 is 1.43 bits per heavy atom. The fourth-order valence-electron chi connectivity index (χ4n) is 0. The Hall–Kier alpha value is 0.697. The topological polar surface area (TPSA) is 0 Å². The summed E-state index contributed by atoms with van der Waals surface area (Å²) in [5, 5.41) is 0. The minimum absolute atomic E-state index is 0.750. The molecule has 0 heterocycles. The predicted octanol–water partition coefficient (Wildman–Crippen LogP) is 2.65. The third-order valence-corrected chi connectivity index (χ3v) is 7.70. The molecule has 0 aliphatic heterocycles. The van der Waals surface area contributed by atoms with Crippen LogP contribution in [0.4, 0.5) is 0 Å². The van der Waals surface area contributed by atoms with Crippen molar-refractivity contribution in [2.24, 2.45) is 0 Å². The van der Waals surface area contributed by atoms with E-state index in [0.29, 0.717) is 0 Å². The lowest BCUT2D eigenvalue weighted by Crippen LogP contribution is -2.30. The molecule has 0 radical (unpaired) electrons. The van der Waals surface area contributed by atoms with Gasteiger partial charge in [-0.2, -0.15) is 0 Å². The largest absolute Gasteiger partial charge is 0.0928 e. The molecule has 0 aliphatic carbocycles. The van der Waals surface area contributed by atoms with Crippen molar-refractivity contribution < 1.29 is 0 Å². The molecule has 44 valence electrons. The van der Waals surface area contributed by atoms with Gasteiger partial charge in [-0.15, -0.1) is 0 Å². The van der Waals surface area contributed by atoms with Gasteiger partial charge in [0.2, 0.25) is 0 Å². The molecular weight excluding hydrogens is 168 g/mol. The predicted molar refractivity (Wildman–Crippen MR) is 41.7 cm³/mol. The number of hydrogen-bond acceptors (Lipinski definition) is 0. The first-order valence-corrected chi connectivity index (χ1v) is 7.08. The summed E-state index contributed by atoms with van der Waals surface area (Å²) in [7, 11) is -0.818. The van der Waals surface area contributed by atoms with E-state index >= 15 is 0 Å². The third-order valence-electron chi connectivity index (χ3n) is 1.19. The zero-order chi connectivity index (χ0) is 6.08. The van der Waals surface area contributed by atoms with E-state index in [9.17, 15) is 0 Å². The standard InChI is InChI=1S/C5H13BrSi/c1-5(6)7(2,3)4/h5H,1-4H3. The Balaban J connectivity index is 3.54. The second kappa shape index (κ2) is 2.31. The molecule has 2 heteroatoms. The highest BCUT2D eigenvalue weighted by Crippen LogP contribution is 2.13. The molecule has 0 amide bonds. The summed E-state index contributed by atoms with van der Waals surface area (Å²) in [6.07, 6.45) is 0. The molecule has 0 bridgehead atoms. The summed E-state index contributed by atoms with van der Waals surface area (Å²) in [5.74, 6) is 0. The monoisotopic (exact) mass is 180 g/mol. The Kier molecular flexibility index (Phi) is 2.54. The van der Waals surface area contributed by atoms with Gasteiger partial charge in [0.1, 0.15) is 0 Å². The maximum atomic E-state index is 3.56. The van der Waals surface area contributed by atoms with Crippen molar-refractivity contribution >= 4 is 24.0 Å². The molecule has 7 heavy (non-hydrogen) atoms. The van der Waals surface area contributed by atoms with Crippen LogP contribution in [0.1, 0.15) is 6.92 Å². The molecule has 0 rings (SSSR count). The Bertz CT molecular complexity index is 53.6. The lowest BCUT2D eigenvalue weighted by molar-refractivity contribution is 1.32. The first-order chi connectivity index (χ1) is 2.94. The molecule has 0 N–H and O–H groups in total.